The number of furan rings is 1. The molecule has 11 nitrogen and oxygen atoms in total. The third-order valence-corrected chi connectivity index (χ3v) is 4.18. The number of rotatable bonds is 6. The van der Waals surface area contributed by atoms with E-state index in [2.05, 4.69) is 4.74 Å². The summed E-state index contributed by atoms with van der Waals surface area (Å²) in [5.74, 6) is -3.27. The molecule has 29 heavy (non-hydrogen) atoms. The fourth-order valence-corrected chi connectivity index (χ4v) is 2.85. The van der Waals surface area contributed by atoms with E-state index in [9.17, 15) is 29.3 Å². The normalized spacial score (nSPS) is 12.7. The van der Waals surface area contributed by atoms with Gasteiger partial charge in [0.25, 0.3) is 17.5 Å². The maximum atomic E-state index is 12.4. The number of esters is 2. The SMILES string of the molecule is COC(=O)c1oc(COC(=O)CN2C(=O)c3cccc([N+](=O)[O-])c3C2=O)cc1C. The highest BCUT2D eigenvalue weighted by molar-refractivity contribution is 6.24. The Morgan fingerprint density at radius 1 is 1.24 bits per heavy atom. The molecular formula is C18H14N2O9. The highest BCUT2D eigenvalue weighted by Gasteiger charge is 2.41. The molecule has 3 rings (SSSR count). The van der Waals surface area contributed by atoms with Gasteiger partial charge in [0, 0.05) is 11.6 Å². The Kier molecular flexibility index (Phi) is 5.13. The van der Waals surface area contributed by atoms with Crippen molar-refractivity contribution in [3.8, 4) is 0 Å². The molecular weight excluding hydrogens is 388 g/mol. The van der Waals surface area contributed by atoms with Gasteiger partial charge in [-0.2, -0.15) is 0 Å². The fourth-order valence-electron chi connectivity index (χ4n) is 2.85. The average molecular weight is 402 g/mol. The topological polar surface area (TPSA) is 146 Å². The van der Waals surface area contributed by atoms with Crippen molar-refractivity contribution in [1.29, 1.82) is 0 Å². The summed E-state index contributed by atoms with van der Waals surface area (Å²) in [5.41, 5.74) is -0.547. The van der Waals surface area contributed by atoms with Crippen molar-refractivity contribution in [2.24, 2.45) is 0 Å². The first-order chi connectivity index (χ1) is 13.7. The van der Waals surface area contributed by atoms with Crippen molar-refractivity contribution in [3.05, 3.63) is 62.6 Å². The molecule has 0 atom stereocenters. The van der Waals surface area contributed by atoms with E-state index in [1.165, 1.54) is 25.3 Å². The van der Waals surface area contributed by atoms with Crippen LogP contribution in [0.2, 0.25) is 0 Å². The minimum absolute atomic E-state index is 0.0359. The molecule has 0 saturated carbocycles. The number of nitro benzene ring substituents is 1. The highest BCUT2D eigenvalue weighted by Crippen LogP contribution is 2.30. The molecule has 1 aliphatic heterocycles. The van der Waals surface area contributed by atoms with Crippen molar-refractivity contribution in [2.45, 2.75) is 13.5 Å². The predicted octanol–water partition coefficient (Wildman–Crippen LogP) is 1.62. The van der Waals surface area contributed by atoms with Crippen LogP contribution >= 0.6 is 0 Å². The number of carbonyl (C=O) groups excluding carboxylic acids is 4. The lowest BCUT2D eigenvalue weighted by Crippen LogP contribution is -2.35. The first-order valence-electron chi connectivity index (χ1n) is 8.21. The monoisotopic (exact) mass is 402 g/mol. The third kappa shape index (κ3) is 3.57. The van der Waals surface area contributed by atoms with E-state index in [1.807, 2.05) is 0 Å². The first kappa shape index (κ1) is 19.7. The predicted molar refractivity (Wildman–Crippen MR) is 93.0 cm³/mol. The van der Waals surface area contributed by atoms with Gasteiger partial charge in [-0.25, -0.2) is 4.79 Å². The van der Waals surface area contributed by atoms with Gasteiger partial charge < -0.3 is 13.9 Å². The number of ether oxygens (including phenoxy) is 2. The Morgan fingerprint density at radius 2 is 1.97 bits per heavy atom. The lowest BCUT2D eigenvalue weighted by molar-refractivity contribution is -0.385. The number of nitro groups is 1. The molecule has 2 heterocycles. The van der Waals surface area contributed by atoms with Gasteiger partial charge in [-0.3, -0.25) is 29.4 Å². The van der Waals surface area contributed by atoms with Crippen LogP contribution in [0.4, 0.5) is 5.69 Å². The second-order valence-corrected chi connectivity index (χ2v) is 6.03. The molecule has 0 spiro atoms. The second-order valence-electron chi connectivity index (χ2n) is 6.03. The van der Waals surface area contributed by atoms with Crippen LogP contribution in [-0.2, 0) is 20.9 Å². The molecule has 150 valence electrons. The fraction of sp³-hybridized carbons (Fsp3) is 0.222. The van der Waals surface area contributed by atoms with Crippen molar-refractivity contribution >= 4 is 29.4 Å². The number of aryl methyl sites for hydroxylation is 1. The summed E-state index contributed by atoms with van der Waals surface area (Å²) in [6, 6.07) is 5.13. The lowest BCUT2D eigenvalue weighted by Gasteiger charge is -2.12. The smallest absolute Gasteiger partial charge is 0.374 e. The number of hydrogen-bond acceptors (Lipinski definition) is 9. The van der Waals surface area contributed by atoms with E-state index in [0.29, 0.717) is 10.5 Å². The highest BCUT2D eigenvalue weighted by atomic mass is 16.6. The maximum absolute atomic E-state index is 12.4. The Bertz CT molecular complexity index is 1050. The van der Waals surface area contributed by atoms with E-state index >= 15 is 0 Å². The number of hydrogen-bond donors (Lipinski definition) is 0. The maximum Gasteiger partial charge on any atom is 0.374 e. The van der Waals surface area contributed by atoms with E-state index in [4.69, 9.17) is 9.15 Å². The second kappa shape index (κ2) is 7.54. The number of fused-ring (bicyclic) bond motifs is 1. The van der Waals surface area contributed by atoms with Gasteiger partial charge in [-0.1, -0.05) is 6.07 Å². The Morgan fingerprint density at radius 3 is 2.62 bits per heavy atom. The quantitative estimate of drug-likeness (QED) is 0.304. The third-order valence-electron chi connectivity index (χ3n) is 4.18. The Labute approximate surface area is 162 Å². The molecule has 11 heteroatoms. The molecule has 0 saturated heterocycles. The Balaban J connectivity index is 1.68. The summed E-state index contributed by atoms with van der Waals surface area (Å²) in [7, 11) is 1.19. The number of imide groups is 1. The zero-order chi connectivity index (χ0) is 21.3. The summed E-state index contributed by atoms with van der Waals surface area (Å²) in [6.07, 6.45) is 0. The Hall–Kier alpha value is -4.02. The molecule has 1 aliphatic rings. The molecule has 1 aromatic carbocycles. The molecule has 2 aromatic rings. The van der Waals surface area contributed by atoms with E-state index in [0.717, 1.165) is 6.07 Å². The van der Waals surface area contributed by atoms with E-state index in [1.54, 1.807) is 6.92 Å². The molecule has 0 fully saturated rings. The summed E-state index contributed by atoms with van der Waals surface area (Å²) in [6.45, 7) is 0.528. The zero-order valence-electron chi connectivity index (χ0n) is 15.3. The largest absolute Gasteiger partial charge is 0.463 e. The standard InChI is InChI=1S/C18H14N2O9/c1-9-6-10(29-15(9)18(24)27-2)8-28-13(21)7-19-16(22)11-4-3-5-12(20(25)26)14(11)17(19)23/h3-6H,7-8H2,1-2H3. The van der Waals surface area contributed by atoms with Crippen LogP contribution in [-0.4, -0.2) is 47.2 Å². The average Bonchev–Trinajstić information content (AvgIpc) is 3.18. The van der Waals surface area contributed by atoms with Gasteiger partial charge >= 0.3 is 11.9 Å². The van der Waals surface area contributed by atoms with Crippen LogP contribution in [0, 0.1) is 17.0 Å². The van der Waals surface area contributed by atoms with Gasteiger partial charge in [0.2, 0.25) is 5.76 Å². The molecule has 0 bridgehead atoms. The van der Waals surface area contributed by atoms with Gasteiger partial charge in [-0.05, 0) is 19.1 Å². The van der Waals surface area contributed by atoms with Crippen LogP contribution in [0.1, 0.15) is 42.6 Å². The summed E-state index contributed by atoms with van der Waals surface area (Å²) in [5, 5.41) is 11.1. The number of benzene rings is 1. The van der Waals surface area contributed by atoms with Crippen molar-refractivity contribution in [2.75, 3.05) is 13.7 Å². The van der Waals surface area contributed by atoms with Crippen molar-refractivity contribution in [1.82, 2.24) is 4.90 Å². The van der Waals surface area contributed by atoms with Crippen molar-refractivity contribution < 1.29 is 38.0 Å². The van der Waals surface area contributed by atoms with E-state index < -0.39 is 40.9 Å². The van der Waals surface area contributed by atoms with Crippen LogP contribution in [0.3, 0.4) is 0 Å². The molecule has 0 unspecified atom stereocenters. The first-order valence-corrected chi connectivity index (χ1v) is 8.21. The summed E-state index contributed by atoms with van der Waals surface area (Å²) < 4.78 is 14.8. The molecule has 1 aromatic heterocycles. The van der Waals surface area contributed by atoms with Crippen LogP contribution in [0.25, 0.3) is 0 Å². The lowest BCUT2D eigenvalue weighted by atomic mass is 10.1. The van der Waals surface area contributed by atoms with Crippen LogP contribution < -0.4 is 0 Å². The molecule has 0 radical (unpaired) electrons. The van der Waals surface area contributed by atoms with Crippen molar-refractivity contribution in [3.63, 3.8) is 0 Å². The van der Waals surface area contributed by atoms with Gasteiger partial charge in [0.05, 0.1) is 17.6 Å². The molecule has 2 amide bonds. The summed E-state index contributed by atoms with van der Waals surface area (Å²) in [4.78, 5) is 59.3. The van der Waals surface area contributed by atoms with Crippen LogP contribution in [0.5, 0.6) is 0 Å². The number of carbonyl (C=O) groups is 4. The van der Waals surface area contributed by atoms with E-state index in [-0.39, 0.29) is 29.3 Å². The number of amides is 2. The molecule has 0 aliphatic carbocycles. The summed E-state index contributed by atoms with van der Waals surface area (Å²) >= 11 is 0. The van der Waals surface area contributed by atoms with Gasteiger partial charge in [-0.15, -0.1) is 0 Å². The van der Waals surface area contributed by atoms with Crippen LogP contribution in [0.15, 0.2) is 28.7 Å². The zero-order valence-corrected chi connectivity index (χ0v) is 15.3. The number of methoxy groups -OCH3 is 1. The van der Waals surface area contributed by atoms with Gasteiger partial charge in [0.1, 0.15) is 24.5 Å². The minimum atomic E-state index is -0.948. The minimum Gasteiger partial charge on any atom is -0.463 e. The number of nitrogens with zero attached hydrogens (tertiary/aromatic N) is 2. The van der Waals surface area contributed by atoms with Gasteiger partial charge in [0.15, 0.2) is 0 Å². The molecule has 0 N–H and O–H groups in total.